The predicted octanol–water partition coefficient (Wildman–Crippen LogP) is 2.12. The Morgan fingerprint density at radius 3 is 2.41 bits per heavy atom. The molecular formula is C21H30N2O4. The van der Waals surface area contributed by atoms with Crippen LogP contribution in [0.25, 0.3) is 0 Å². The summed E-state index contributed by atoms with van der Waals surface area (Å²) in [5, 5.41) is 9.67. The van der Waals surface area contributed by atoms with Gasteiger partial charge in [-0.1, -0.05) is 24.3 Å². The Bertz CT molecular complexity index is 683. The second-order valence-electron chi connectivity index (χ2n) is 7.97. The first-order valence-corrected chi connectivity index (χ1v) is 9.79. The Kier molecular flexibility index (Phi) is 6.17. The molecule has 2 fully saturated rings. The number of morpholine rings is 1. The number of likely N-dealkylation sites (tertiary alicyclic amines) is 1. The van der Waals surface area contributed by atoms with Crippen LogP contribution in [0.2, 0.25) is 0 Å². The highest BCUT2D eigenvalue weighted by atomic mass is 16.5. The van der Waals surface area contributed by atoms with E-state index in [0.717, 1.165) is 24.2 Å². The van der Waals surface area contributed by atoms with Crippen molar-refractivity contribution in [3.8, 4) is 0 Å². The van der Waals surface area contributed by atoms with Gasteiger partial charge in [0.15, 0.2) is 0 Å². The van der Waals surface area contributed by atoms with Crippen molar-refractivity contribution in [2.75, 3.05) is 32.7 Å². The van der Waals surface area contributed by atoms with Crippen molar-refractivity contribution in [2.24, 2.45) is 5.92 Å². The number of carbonyl (C=O) groups is 2. The van der Waals surface area contributed by atoms with Gasteiger partial charge in [-0.15, -0.1) is 0 Å². The van der Waals surface area contributed by atoms with Gasteiger partial charge in [-0.2, -0.15) is 0 Å². The summed E-state index contributed by atoms with van der Waals surface area (Å²) in [5.41, 5.74) is 2.12. The molecule has 1 amide bonds. The van der Waals surface area contributed by atoms with E-state index in [1.165, 1.54) is 0 Å². The number of rotatable bonds is 5. The molecule has 2 aliphatic rings. The highest BCUT2D eigenvalue weighted by molar-refractivity contribution is 5.80. The minimum atomic E-state index is -0.825. The van der Waals surface area contributed by atoms with Gasteiger partial charge in [0.25, 0.3) is 0 Å². The Morgan fingerprint density at radius 2 is 1.78 bits per heavy atom. The summed E-state index contributed by atoms with van der Waals surface area (Å²) in [4.78, 5) is 28.5. The largest absolute Gasteiger partial charge is 0.481 e. The zero-order chi connectivity index (χ0) is 19.6. The molecule has 148 valence electrons. The lowest BCUT2D eigenvalue weighted by Gasteiger charge is -2.35. The summed E-state index contributed by atoms with van der Waals surface area (Å²) in [7, 11) is 0. The van der Waals surface area contributed by atoms with Gasteiger partial charge in [0.05, 0.1) is 18.1 Å². The number of carboxylic acids is 1. The molecule has 0 saturated carbocycles. The van der Waals surface area contributed by atoms with Crippen molar-refractivity contribution >= 4 is 11.9 Å². The van der Waals surface area contributed by atoms with E-state index in [1.807, 2.05) is 31.2 Å². The van der Waals surface area contributed by atoms with Gasteiger partial charge in [-0.3, -0.25) is 14.5 Å². The van der Waals surface area contributed by atoms with E-state index in [0.29, 0.717) is 26.1 Å². The van der Waals surface area contributed by atoms with Crippen LogP contribution in [-0.4, -0.2) is 71.7 Å². The van der Waals surface area contributed by atoms with Crippen LogP contribution in [0, 0.1) is 12.8 Å². The van der Waals surface area contributed by atoms with Gasteiger partial charge in [0, 0.05) is 45.1 Å². The molecule has 4 atom stereocenters. The van der Waals surface area contributed by atoms with E-state index in [1.54, 1.807) is 4.90 Å². The van der Waals surface area contributed by atoms with Crippen molar-refractivity contribution < 1.29 is 19.4 Å². The fourth-order valence-corrected chi connectivity index (χ4v) is 4.45. The molecule has 6 heteroatoms. The first-order chi connectivity index (χ1) is 12.8. The highest BCUT2D eigenvalue weighted by Gasteiger charge is 2.40. The number of aryl methyl sites for hydroxylation is 1. The van der Waals surface area contributed by atoms with Crippen LogP contribution in [0.3, 0.4) is 0 Å². The van der Waals surface area contributed by atoms with Gasteiger partial charge in [-0.05, 0) is 31.9 Å². The predicted molar refractivity (Wildman–Crippen MR) is 103 cm³/mol. The van der Waals surface area contributed by atoms with E-state index < -0.39 is 11.9 Å². The topological polar surface area (TPSA) is 70.1 Å². The monoisotopic (exact) mass is 374 g/mol. The number of hydrogen-bond acceptors (Lipinski definition) is 4. The Hall–Kier alpha value is -1.92. The number of amides is 1. The van der Waals surface area contributed by atoms with Crippen LogP contribution in [0.4, 0.5) is 0 Å². The zero-order valence-corrected chi connectivity index (χ0v) is 16.4. The molecule has 3 rings (SSSR count). The quantitative estimate of drug-likeness (QED) is 0.855. The third-order valence-corrected chi connectivity index (χ3v) is 5.71. The lowest BCUT2D eigenvalue weighted by molar-refractivity contribution is -0.142. The normalized spacial score (nSPS) is 29.1. The van der Waals surface area contributed by atoms with Crippen molar-refractivity contribution in [3.05, 3.63) is 35.4 Å². The van der Waals surface area contributed by atoms with Crippen LogP contribution in [-0.2, 0) is 14.3 Å². The minimum Gasteiger partial charge on any atom is -0.481 e. The first kappa shape index (κ1) is 19.8. The van der Waals surface area contributed by atoms with Crippen molar-refractivity contribution in [3.63, 3.8) is 0 Å². The SMILES string of the molecule is Cc1ccccc1[C@@H]1CN(C(=O)CCN2C[C@@H](C)O[C@@H](C)C2)C[C@H]1C(=O)O. The average Bonchev–Trinajstić information content (AvgIpc) is 3.05. The highest BCUT2D eigenvalue weighted by Crippen LogP contribution is 2.34. The molecule has 27 heavy (non-hydrogen) atoms. The fraction of sp³-hybridized carbons (Fsp3) is 0.619. The van der Waals surface area contributed by atoms with Crippen molar-refractivity contribution in [1.29, 1.82) is 0 Å². The van der Waals surface area contributed by atoms with Crippen LogP contribution in [0.5, 0.6) is 0 Å². The summed E-state index contributed by atoms with van der Waals surface area (Å²) in [6.07, 6.45) is 0.779. The van der Waals surface area contributed by atoms with E-state index in [-0.39, 0.29) is 24.0 Å². The summed E-state index contributed by atoms with van der Waals surface area (Å²) < 4.78 is 5.74. The third kappa shape index (κ3) is 4.68. The summed E-state index contributed by atoms with van der Waals surface area (Å²) in [6.45, 7) is 9.24. The van der Waals surface area contributed by atoms with Gasteiger partial charge < -0.3 is 14.7 Å². The molecule has 2 heterocycles. The molecule has 1 aromatic rings. The fourth-order valence-electron chi connectivity index (χ4n) is 4.45. The molecule has 0 spiro atoms. The molecule has 0 bridgehead atoms. The number of aliphatic carboxylic acids is 1. The van der Waals surface area contributed by atoms with Gasteiger partial charge in [0.2, 0.25) is 5.91 Å². The molecule has 0 unspecified atom stereocenters. The summed E-state index contributed by atoms with van der Waals surface area (Å²) >= 11 is 0. The van der Waals surface area contributed by atoms with E-state index in [2.05, 4.69) is 18.7 Å². The first-order valence-electron chi connectivity index (χ1n) is 9.79. The molecule has 6 nitrogen and oxygen atoms in total. The van der Waals surface area contributed by atoms with Crippen LogP contribution >= 0.6 is 0 Å². The molecule has 0 aromatic heterocycles. The number of benzene rings is 1. The zero-order valence-electron chi connectivity index (χ0n) is 16.4. The molecular weight excluding hydrogens is 344 g/mol. The van der Waals surface area contributed by atoms with Crippen LogP contribution in [0.1, 0.15) is 37.3 Å². The maximum Gasteiger partial charge on any atom is 0.308 e. The molecule has 2 saturated heterocycles. The van der Waals surface area contributed by atoms with Crippen LogP contribution in [0.15, 0.2) is 24.3 Å². The Labute approximate surface area is 161 Å². The molecule has 0 aliphatic carbocycles. The standard InChI is InChI=1S/C21H30N2O4/c1-14-6-4-5-7-17(14)18-12-23(13-19(18)21(25)26)20(24)8-9-22-10-15(2)27-16(3)11-22/h4-7,15-16,18-19H,8-13H2,1-3H3,(H,25,26)/t15-,16+,18-,19+/m0/s1. The van der Waals surface area contributed by atoms with E-state index in [4.69, 9.17) is 4.74 Å². The maximum absolute atomic E-state index is 12.8. The third-order valence-electron chi connectivity index (χ3n) is 5.71. The van der Waals surface area contributed by atoms with Crippen molar-refractivity contribution in [2.45, 2.75) is 45.3 Å². The Balaban J connectivity index is 1.62. The lowest BCUT2D eigenvalue weighted by atomic mass is 9.86. The summed E-state index contributed by atoms with van der Waals surface area (Å²) in [5.74, 6) is -1.46. The van der Waals surface area contributed by atoms with Gasteiger partial charge in [-0.25, -0.2) is 0 Å². The van der Waals surface area contributed by atoms with E-state index in [9.17, 15) is 14.7 Å². The Morgan fingerprint density at radius 1 is 1.11 bits per heavy atom. The number of hydrogen-bond donors (Lipinski definition) is 1. The second-order valence-corrected chi connectivity index (χ2v) is 7.97. The molecule has 0 radical (unpaired) electrons. The van der Waals surface area contributed by atoms with Crippen molar-refractivity contribution in [1.82, 2.24) is 9.80 Å². The lowest BCUT2D eigenvalue weighted by Crippen LogP contribution is -2.46. The average molecular weight is 374 g/mol. The van der Waals surface area contributed by atoms with Crippen LogP contribution < -0.4 is 0 Å². The molecule has 1 aromatic carbocycles. The van der Waals surface area contributed by atoms with Gasteiger partial charge >= 0.3 is 5.97 Å². The van der Waals surface area contributed by atoms with Gasteiger partial charge in [0.1, 0.15) is 0 Å². The number of ether oxygens (including phenoxy) is 1. The number of carboxylic acid groups (broad SMARTS) is 1. The summed E-state index contributed by atoms with van der Waals surface area (Å²) in [6, 6.07) is 7.88. The molecule has 1 N–H and O–H groups in total. The number of nitrogens with zero attached hydrogens (tertiary/aromatic N) is 2. The second kappa shape index (κ2) is 8.40. The number of carbonyl (C=O) groups excluding carboxylic acids is 1. The minimum absolute atomic E-state index is 0.0455. The van der Waals surface area contributed by atoms with E-state index >= 15 is 0 Å². The smallest absolute Gasteiger partial charge is 0.308 e. The molecule has 2 aliphatic heterocycles. The maximum atomic E-state index is 12.8.